The van der Waals surface area contributed by atoms with Crippen LogP contribution < -0.4 is 20.1 Å². The third-order valence-electron chi connectivity index (χ3n) is 4.89. The highest BCUT2D eigenvalue weighted by atomic mass is 32.2. The van der Waals surface area contributed by atoms with Crippen LogP contribution in [0, 0.1) is 5.41 Å². The van der Waals surface area contributed by atoms with Crippen molar-refractivity contribution in [2.45, 2.75) is 24.2 Å². The van der Waals surface area contributed by atoms with Crippen molar-refractivity contribution in [3.63, 3.8) is 0 Å². The minimum Gasteiger partial charge on any atom is -0.486 e. The molecule has 26 heavy (non-hydrogen) atoms. The maximum Gasteiger partial charge on any atom is 0.220 e. The molecule has 7 heteroatoms. The average Bonchev–Trinajstić information content (AvgIpc) is 2.67. The van der Waals surface area contributed by atoms with Gasteiger partial charge in [-0.25, -0.2) is 0 Å². The Morgan fingerprint density at radius 2 is 2.04 bits per heavy atom. The van der Waals surface area contributed by atoms with E-state index in [1.165, 1.54) is 0 Å². The van der Waals surface area contributed by atoms with Crippen molar-refractivity contribution in [2.75, 3.05) is 52.3 Å². The van der Waals surface area contributed by atoms with E-state index in [9.17, 15) is 4.79 Å². The number of hydrogen-bond acceptors (Lipinski definition) is 6. The average molecular weight is 381 g/mol. The predicted molar refractivity (Wildman–Crippen MR) is 102 cm³/mol. The summed E-state index contributed by atoms with van der Waals surface area (Å²) in [5.74, 6) is 2.43. The van der Waals surface area contributed by atoms with Crippen LogP contribution in [0.4, 0.5) is 0 Å². The zero-order valence-corrected chi connectivity index (χ0v) is 16.2. The molecule has 6 nitrogen and oxygen atoms in total. The fourth-order valence-corrected chi connectivity index (χ4v) is 4.26. The van der Waals surface area contributed by atoms with Crippen molar-refractivity contribution in [3.8, 4) is 11.5 Å². The van der Waals surface area contributed by atoms with Gasteiger partial charge in [0.25, 0.3) is 0 Å². The molecule has 2 aliphatic heterocycles. The highest BCUT2D eigenvalue weighted by molar-refractivity contribution is 7.99. The van der Waals surface area contributed by atoms with Crippen LogP contribution in [-0.2, 0) is 9.53 Å². The van der Waals surface area contributed by atoms with Crippen LogP contribution in [-0.4, -0.2) is 58.2 Å². The number of hydrogen-bond donors (Lipinski definition) is 2. The zero-order valence-electron chi connectivity index (χ0n) is 15.3. The van der Waals surface area contributed by atoms with Crippen LogP contribution in [0.1, 0.15) is 19.3 Å². The van der Waals surface area contributed by atoms with Crippen molar-refractivity contribution < 1.29 is 19.0 Å². The minimum atomic E-state index is 0.0681. The number of amides is 1. The second kappa shape index (κ2) is 9.48. The molecule has 2 aliphatic rings. The van der Waals surface area contributed by atoms with Gasteiger partial charge in [0.05, 0.1) is 6.61 Å². The normalized spacial score (nSPS) is 18.3. The van der Waals surface area contributed by atoms with E-state index in [0.29, 0.717) is 32.8 Å². The lowest BCUT2D eigenvalue weighted by Gasteiger charge is -2.37. The molecule has 144 valence electrons. The maximum absolute atomic E-state index is 12.2. The molecule has 0 saturated carbocycles. The molecule has 0 aliphatic carbocycles. The summed E-state index contributed by atoms with van der Waals surface area (Å²) in [5, 5.41) is 6.48. The summed E-state index contributed by atoms with van der Waals surface area (Å²) in [6, 6.07) is 5.93. The Balaban J connectivity index is 1.41. The van der Waals surface area contributed by atoms with Gasteiger partial charge in [-0.15, -0.1) is 11.8 Å². The van der Waals surface area contributed by atoms with Crippen LogP contribution >= 0.6 is 11.8 Å². The Labute approximate surface area is 159 Å². The lowest BCUT2D eigenvalue weighted by atomic mass is 9.79. The quantitative estimate of drug-likeness (QED) is 0.673. The van der Waals surface area contributed by atoms with Crippen molar-refractivity contribution >= 4 is 17.7 Å². The van der Waals surface area contributed by atoms with Gasteiger partial charge < -0.3 is 24.8 Å². The second-order valence-electron chi connectivity index (χ2n) is 6.86. The lowest BCUT2D eigenvalue weighted by molar-refractivity contribution is -0.121. The molecular formula is C19H28N2O4S. The Morgan fingerprint density at radius 3 is 2.81 bits per heavy atom. The molecule has 0 aromatic heterocycles. The molecule has 0 spiro atoms. The molecule has 2 N–H and O–H groups in total. The van der Waals surface area contributed by atoms with Gasteiger partial charge in [0.15, 0.2) is 11.5 Å². The molecule has 3 rings (SSSR count). The summed E-state index contributed by atoms with van der Waals surface area (Å²) < 4.78 is 16.5. The van der Waals surface area contributed by atoms with Crippen LogP contribution in [0.2, 0.25) is 0 Å². The molecular weight excluding hydrogens is 352 g/mol. The fraction of sp³-hybridized carbons (Fsp3) is 0.632. The van der Waals surface area contributed by atoms with E-state index < -0.39 is 0 Å². The third-order valence-corrected chi connectivity index (χ3v) is 5.88. The Morgan fingerprint density at radius 1 is 1.27 bits per heavy atom. The van der Waals surface area contributed by atoms with Crippen LogP contribution in [0.5, 0.6) is 11.5 Å². The topological polar surface area (TPSA) is 68.8 Å². The van der Waals surface area contributed by atoms with Crippen molar-refractivity contribution in [1.29, 1.82) is 0 Å². The first-order chi connectivity index (χ1) is 12.7. The fourth-order valence-electron chi connectivity index (χ4n) is 3.38. The number of carbonyl (C=O) groups is 1. The molecule has 1 saturated heterocycles. The first-order valence-corrected chi connectivity index (χ1v) is 10.2. The van der Waals surface area contributed by atoms with E-state index in [1.54, 1.807) is 18.9 Å². The summed E-state index contributed by atoms with van der Waals surface area (Å²) in [5.41, 5.74) is 0.0681. The van der Waals surface area contributed by atoms with Crippen LogP contribution in [0.15, 0.2) is 23.1 Å². The van der Waals surface area contributed by atoms with Gasteiger partial charge in [0.1, 0.15) is 13.2 Å². The molecule has 0 bridgehead atoms. The van der Waals surface area contributed by atoms with Crippen LogP contribution in [0.3, 0.4) is 0 Å². The number of carbonyl (C=O) groups excluding carboxylic acids is 1. The van der Waals surface area contributed by atoms with Crippen molar-refractivity contribution in [2.24, 2.45) is 5.41 Å². The highest BCUT2D eigenvalue weighted by Gasteiger charge is 2.32. The molecule has 2 heterocycles. The molecule has 1 aromatic carbocycles. The van der Waals surface area contributed by atoms with E-state index in [1.807, 2.05) is 18.2 Å². The molecule has 0 radical (unpaired) electrons. The Hall–Kier alpha value is -1.44. The number of benzene rings is 1. The molecule has 1 fully saturated rings. The van der Waals surface area contributed by atoms with Gasteiger partial charge in [0, 0.05) is 36.1 Å². The predicted octanol–water partition coefficient (Wildman–Crippen LogP) is 2.07. The number of rotatable bonds is 8. The molecule has 1 amide bonds. The second-order valence-corrected chi connectivity index (χ2v) is 8.03. The van der Waals surface area contributed by atoms with Crippen LogP contribution in [0.25, 0.3) is 0 Å². The molecule has 1 aromatic rings. The lowest BCUT2D eigenvalue weighted by Crippen LogP contribution is -2.47. The number of fused-ring (bicyclic) bond motifs is 1. The van der Waals surface area contributed by atoms with Crippen molar-refractivity contribution in [1.82, 2.24) is 10.6 Å². The number of piperidine rings is 1. The first-order valence-electron chi connectivity index (χ1n) is 9.20. The number of ether oxygens (including phenoxy) is 3. The number of nitrogens with one attached hydrogen (secondary N) is 2. The van der Waals surface area contributed by atoms with Gasteiger partial charge in [-0.05, 0) is 44.1 Å². The third kappa shape index (κ3) is 5.28. The number of thioether (sulfide) groups is 1. The summed E-state index contributed by atoms with van der Waals surface area (Å²) in [6.07, 6.45) is 2.57. The van der Waals surface area contributed by atoms with E-state index in [0.717, 1.165) is 48.1 Å². The SMILES string of the molecule is COCC1(CNC(=O)CCSc2ccc3c(c2)OCCO3)CCNCC1. The van der Waals surface area contributed by atoms with E-state index in [-0.39, 0.29) is 11.3 Å². The summed E-state index contributed by atoms with van der Waals surface area (Å²) in [6.45, 7) is 4.54. The first kappa shape index (κ1) is 19.3. The van der Waals surface area contributed by atoms with Gasteiger partial charge in [-0.1, -0.05) is 0 Å². The maximum atomic E-state index is 12.2. The Kier molecular flexibility index (Phi) is 7.05. The summed E-state index contributed by atoms with van der Waals surface area (Å²) in [7, 11) is 1.73. The number of methoxy groups -OCH3 is 1. The van der Waals surface area contributed by atoms with E-state index in [4.69, 9.17) is 14.2 Å². The summed E-state index contributed by atoms with van der Waals surface area (Å²) in [4.78, 5) is 13.3. The minimum absolute atomic E-state index is 0.0681. The molecule has 0 atom stereocenters. The largest absolute Gasteiger partial charge is 0.486 e. The van der Waals surface area contributed by atoms with Gasteiger partial charge in [0.2, 0.25) is 5.91 Å². The van der Waals surface area contributed by atoms with Gasteiger partial charge in [-0.2, -0.15) is 0 Å². The highest BCUT2D eigenvalue weighted by Crippen LogP contribution is 2.34. The Bertz CT molecular complexity index is 600. The monoisotopic (exact) mass is 380 g/mol. The van der Waals surface area contributed by atoms with E-state index >= 15 is 0 Å². The standard InChI is InChI=1S/C19H28N2O4S/c1-23-14-19(5-7-20-8-6-19)13-21-18(22)4-11-26-15-2-3-16-17(12-15)25-10-9-24-16/h2-3,12,20H,4-11,13-14H2,1H3,(H,21,22). The summed E-state index contributed by atoms with van der Waals surface area (Å²) >= 11 is 1.66. The zero-order chi connectivity index (χ0) is 18.2. The van der Waals surface area contributed by atoms with Gasteiger partial charge in [-0.3, -0.25) is 4.79 Å². The van der Waals surface area contributed by atoms with Crippen molar-refractivity contribution in [3.05, 3.63) is 18.2 Å². The van der Waals surface area contributed by atoms with Gasteiger partial charge >= 0.3 is 0 Å². The van der Waals surface area contributed by atoms with E-state index in [2.05, 4.69) is 10.6 Å². The smallest absolute Gasteiger partial charge is 0.220 e. The molecule has 0 unspecified atom stereocenters.